The number of nitrogens with zero attached hydrogens (tertiary/aromatic N) is 3. The van der Waals surface area contributed by atoms with E-state index in [1.54, 1.807) is 26.1 Å². The highest BCUT2D eigenvalue weighted by molar-refractivity contribution is 9.10. The summed E-state index contributed by atoms with van der Waals surface area (Å²) in [6.45, 7) is 0.212. The van der Waals surface area contributed by atoms with Crippen molar-refractivity contribution < 1.29 is 9.53 Å². The number of carbonyl (C=O) groups excluding carboxylic acids is 1. The number of amides is 1. The van der Waals surface area contributed by atoms with Gasteiger partial charge in [-0.2, -0.15) is 0 Å². The van der Waals surface area contributed by atoms with Gasteiger partial charge in [-0.15, -0.1) is 0 Å². The van der Waals surface area contributed by atoms with Crippen LogP contribution in [0.2, 0.25) is 0 Å². The number of benzene rings is 3. The molecule has 3 aromatic carbocycles. The van der Waals surface area contributed by atoms with Crippen LogP contribution < -0.4 is 4.74 Å². The van der Waals surface area contributed by atoms with Crippen LogP contribution in [0.1, 0.15) is 22.7 Å². The number of methoxy groups -OCH3 is 1. The molecule has 1 heterocycles. The van der Waals surface area contributed by atoms with Crippen LogP contribution in [0.3, 0.4) is 0 Å². The zero-order valence-electron chi connectivity index (χ0n) is 17.7. The molecule has 0 bridgehead atoms. The fraction of sp³-hybridized carbons (Fsp3) is 0.200. The number of aliphatic imine (C=N–C) groups is 1. The maximum Gasteiger partial charge on any atom is 0.241 e. The van der Waals surface area contributed by atoms with E-state index in [4.69, 9.17) is 9.73 Å². The van der Waals surface area contributed by atoms with Gasteiger partial charge in [0, 0.05) is 29.7 Å². The molecule has 0 spiro atoms. The van der Waals surface area contributed by atoms with Gasteiger partial charge in [-0.05, 0) is 48.0 Å². The third-order valence-electron chi connectivity index (χ3n) is 5.36. The van der Waals surface area contributed by atoms with Gasteiger partial charge >= 0.3 is 0 Å². The smallest absolute Gasteiger partial charge is 0.241 e. The fourth-order valence-corrected chi connectivity index (χ4v) is 4.11. The minimum absolute atomic E-state index is 0.0144. The Kier molecular flexibility index (Phi) is 6.09. The normalized spacial score (nSPS) is 15.2. The van der Waals surface area contributed by atoms with Crippen molar-refractivity contribution in [3.8, 4) is 5.75 Å². The lowest BCUT2D eigenvalue weighted by molar-refractivity contribution is -0.129. The average molecular weight is 478 g/mol. The Morgan fingerprint density at radius 3 is 2.42 bits per heavy atom. The van der Waals surface area contributed by atoms with Crippen molar-refractivity contribution in [2.24, 2.45) is 4.99 Å². The predicted molar refractivity (Wildman–Crippen MR) is 127 cm³/mol. The van der Waals surface area contributed by atoms with Gasteiger partial charge in [0.25, 0.3) is 0 Å². The van der Waals surface area contributed by atoms with Gasteiger partial charge in [0.05, 0.1) is 25.4 Å². The molecular formula is C25H24BrN3O2. The van der Waals surface area contributed by atoms with E-state index < -0.39 is 0 Å². The van der Waals surface area contributed by atoms with E-state index in [1.807, 2.05) is 54.6 Å². The molecule has 1 aliphatic rings. The van der Waals surface area contributed by atoms with E-state index in [0.29, 0.717) is 0 Å². The van der Waals surface area contributed by atoms with E-state index in [2.05, 4.69) is 39.0 Å². The molecular weight excluding hydrogens is 454 g/mol. The van der Waals surface area contributed by atoms with Gasteiger partial charge in [0.15, 0.2) is 0 Å². The highest BCUT2D eigenvalue weighted by atomic mass is 79.9. The van der Waals surface area contributed by atoms with Crippen LogP contribution in [-0.4, -0.2) is 49.3 Å². The Morgan fingerprint density at radius 1 is 1.06 bits per heavy atom. The predicted octanol–water partition coefficient (Wildman–Crippen LogP) is 5.03. The second kappa shape index (κ2) is 8.94. The number of rotatable bonds is 5. The van der Waals surface area contributed by atoms with Crippen LogP contribution in [0.5, 0.6) is 5.75 Å². The molecule has 1 amide bonds. The summed E-state index contributed by atoms with van der Waals surface area (Å²) in [7, 11) is 5.20. The molecule has 1 aliphatic heterocycles. The third kappa shape index (κ3) is 4.35. The molecule has 1 unspecified atom stereocenters. The summed E-state index contributed by atoms with van der Waals surface area (Å²) < 4.78 is 6.30. The molecule has 0 N–H and O–H groups in total. The SMILES string of the molecule is COc1ccc(C2=Nc3ccc(Br)cc3C(c3ccccc3)N2CC(=O)N(C)C)cc1. The van der Waals surface area contributed by atoms with E-state index >= 15 is 0 Å². The van der Waals surface area contributed by atoms with Gasteiger partial charge in [0.2, 0.25) is 5.91 Å². The number of ether oxygens (including phenoxy) is 1. The van der Waals surface area contributed by atoms with Crippen LogP contribution in [-0.2, 0) is 4.79 Å². The average Bonchev–Trinajstić information content (AvgIpc) is 2.79. The summed E-state index contributed by atoms with van der Waals surface area (Å²) in [6.07, 6.45) is 0. The minimum atomic E-state index is -0.146. The van der Waals surface area contributed by atoms with Crippen molar-refractivity contribution in [3.63, 3.8) is 0 Å². The van der Waals surface area contributed by atoms with Gasteiger partial charge in [-0.1, -0.05) is 46.3 Å². The highest BCUT2D eigenvalue weighted by Crippen LogP contribution is 2.41. The van der Waals surface area contributed by atoms with Crippen molar-refractivity contribution in [2.45, 2.75) is 6.04 Å². The molecule has 0 fully saturated rings. The molecule has 0 saturated heterocycles. The highest BCUT2D eigenvalue weighted by Gasteiger charge is 2.33. The van der Waals surface area contributed by atoms with Gasteiger partial charge < -0.3 is 14.5 Å². The Hall–Kier alpha value is -3.12. The number of carbonyl (C=O) groups is 1. The molecule has 0 saturated carbocycles. The van der Waals surface area contributed by atoms with Crippen molar-refractivity contribution in [1.82, 2.24) is 9.80 Å². The summed E-state index contributed by atoms with van der Waals surface area (Å²) in [4.78, 5) is 21.5. The van der Waals surface area contributed by atoms with Crippen LogP contribution in [0, 0.1) is 0 Å². The van der Waals surface area contributed by atoms with E-state index in [1.165, 1.54) is 0 Å². The molecule has 1 atom stereocenters. The Labute approximate surface area is 191 Å². The first-order valence-corrected chi connectivity index (χ1v) is 10.8. The first-order valence-electron chi connectivity index (χ1n) is 10.0. The summed E-state index contributed by atoms with van der Waals surface area (Å²) in [5.74, 6) is 1.56. The van der Waals surface area contributed by atoms with Crippen molar-refractivity contribution in [1.29, 1.82) is 0 Å². The molecule has 6 heteroatoms. The summed E-state index contributed by atoms with van der Waals surface area (Å²) in [5.41, 5.74) is 4.00. The first-order chi connectivity index (χ1) is 15.0. The molecule has 0 aromatic heterocycles. The lowest BCUT2D eigenvalue weighted by Crippen LogP contribution is -2.44. The molecule has 5 nitrogen and oxygen atoms in total. The third-order valence-corrected chi connectivity index (χ3v) is 5.86. The number of halogens is 1. The molecule has 158 valence electrons. The lowest BCUT2D eigenvalue weighted by Gasteiger charge is -2.39. The van der Waals surface area contributed by atoms with Crippen LogP contribution in [0.25, 0.3) is 0 Å². The van der Waals surface area contributed by atoms with Crippen LogP contribution in [0.4, 0.5) is 5.69 Å². The van der Waals surface area contributed by atoms with E-state index in [0.717, 1.165) is 38.4 Å². The number of hydrogen-bond donors (Lipinski definition) is 0. The number of amidine groups is 1. The van der Waals surface area contributed by atoms with E-state index in [9.17, 15) is 4.79 Å². The molecule has 4 rings (SSSR count). The summed E-state index contributed by atoms with van der Waals surface area (Å²) in [5, 5.41) is 0. The topological polar surface area (TPSA) is 45.1 Å². The summed E-state index contributed by atoms with van der Waals surface area (Å²) in [6, 6.07) is 24.0. The number of hydrogen-bond acceptors (Lipinski definition) is 4. The van der Waals surface area contributed by atoms with Gasteiger partial charge in [0.1, 0.15) is 11.6 Å². The molecule has 3 aromatic rings. The van der Waals surface area contributed by atoms with E-state index in [-0.39, 0.29) is 18.5 Å². The van der Waals surface area contributed by atoms with Crippen molar-refractivity contribution in [2.75, 3.05) is 27.7 Å². The molecule has 0 radical (unpaired) electrons. The molecule has 0 aliphatic carbocycles. The fourth-order valence-electron chi connectivity index (χ4n) is 3.73. The zero-order valence-corrected chi connectivity index (χ0v) is 19.3. The minimum Gasteiger partial charge on any atom is -0.497 e. The monoisotopic (exact) mass is 477 g/mol. The molecule has 31 heavy (non-hydrogen) atoms. The number of fused-ring (bicyclic) bond motifs is 1. The second-order valence-corrected chi connectivity index (χ2v) is 8.51. The summed E-state index contributed by atoms with van der Waals surface area (Å²) >= 11 is 3.60. The lowest BCUT2D eigenvalue weighted by atomic mass is 9.93. The van der Waals surface area contributed by atoms with Gasteiger partial charge in [-0.25, -0.2) is 4.99 Å². The zero-order chi connectivity index (χ0) is 22.0. The standard InChI is InChI=1S/C25H24BrN3O2/c1-28(2)23(30)16-29-24(17-7-5-4-6-8-17)21-15-19(26)11-14-22(21)27-25(29)18-9-12-20(31-3)13-10-18/h4-15,24H,16H2,1-3H3. The second-order valence-electron chi connectivity index (χ2n) is 7.60. The Bertz CT molecular complexity index is 1110. The largest absolute Gasteiger partial charge is 0.497 e. The van der Waals surface area contributed by atoms with Gasteiger partial charge in [-0.3, -0.25) is 4.79 Å². The van der Waals surface area contributed by atoms with Crippen LogP contribution in [0.15, 0.2) is 82.3 Å². The van der Waals surface area contributed by atoms with Crippen LogP contribution >= 0.6 is 15.9 Å². The maximum atomic E-state index is 12.8. The Morgan fingerprint density at radius 2 is 1.77 bits per heavy atom. The Balaban J connectivity index is 1.91. The number of likely N-dealkylation sites (N-methyl/N-ethyl adjacent to an activating group) is 1. The first kappa shape index (κ1) is 21.1. The quantitative estimate of drug-likeness (QED) is 0.517. The van der Waals surface area contributed by atoms with Crippen molar-refractivity contribution >= 4 is 33.4 Å². The maximum absolute atomic E-state index is 12.8. The van der Waals surface area contributed by atoms with Crippen molar-refractivity contribution in [3.05, 3.63) is 94.0 Å².